The summed E-state index contributed by atoms with van der Waals surface area (Å²) in [5.74, 6) is -0.883. The van der Waals surface area contributed by atoms with E-state index >= 15 is 0 Å². The average molecular weight is 629 g/mol. The average Bonchev–Trinajstić information content (AvgIpc) is 3.06. The van der Waals surface area contributed by atoms with Crippen LogP contribution in [0.2, 0.25) is 0 Å². The number of unbranched alkanes of at least 4 members (excludes halogenated alkanes) is 14. The van der Waals surface area contributed by atoms with Crippen molar-refractivity contribution in [1.29, 1.82) is 0 Å². The zero-order valence-corrected chi connectivity index (χ0v) is 27.8. The molecule has 0 saturated heterocycles. The van der Waals surface area contributed by atoms with Crippen molar-refractivity contribution in [2.24, 2.45) is 0 Å². The molecular weight excluding hydrogens is 578 g/mol. The predicted molar refractivity (Wildman–Crippen MR) is 190 cm³/mol. The summed E-state index contributed by atoms with van der Waals surface area (Å²) < 4.78 is 33.1. The number of halogens is 2. The molecule has 0 bridgehead atoms. The van der Waals surface area contributed by atoms with Gasteiger partial charge in [0.1, 0.15) is 11.6 Å². The van der Waals surface area contributed by atoms with Gasteiger partial charge in [-0.15, -0.1) is 0 Å². The molecule has 0 fully saturated rings. The van der Waals surface area contributed by atoms with Gasteiger partial charge in [0.05, 0.1) is 22.1 Å². The van der Waals surface area contributed by atoms with Crippen LogP contribution in [0.3, 0.4) is 0 Å². The quantitative estimate of drug-likeness (QED) is 0.0716. The van der Waals surface area contributed by atoms with Gasteiger partial charge in [-0.3, -0.25) is 9.59 Å². The maximum Gasteiger partial charge on any atom is 0.197 e. The van der Waals surface area contributed by atoms with E-state index < -0.39 is 11.6 Å². The van der Waals surface area contributed by atoms with Crippen molar-refractivity contribution >= 4 is 43.6 Å². The number of benzene rings is 3. The van der Waals surface area contributed by atoms with Crippen LogP contribution in [0.15, 0.2) is 58.1 Å². The predicted octanol–water partition coefficient (Wildman–Crippen LogP) is 11.2. The third kappa shape index (κ3) is 7.70. The fourth-order valence-corrected chi connectivity index (χ4v) is 7.08. The summed E-state index contributed by atoms with van der Waals surface area (Å²) in [5.41, 5.74) is 2.23. The summed E-state index contributed by atoms with van der Waals surface area (Å²) in [6.45, 7) is 5.77. The molecule has 0 aliphatic heterocycles. The van der Waals surface area contributed by atoms with Crippen LogP contribution in [-0.2, 0) is 13.1 Å². The first-order chi connectivity index (χ1) is 22.4. The minimum absolute atomic E-state index is 0.233. The number of nitrogens with zero attached hydrogens (tertiary/aromatic N) is 2. The highest BCUT2D eigenvalue weighted by molar-refractivity contribution is 6.03. The number of rotatable bonds is 18. The number of fused-ring (bicyclic) bond motifs is 4. The molecular formula is C40H50F2N2O2. The van der Waals surface area contributed by atoms with Gasteiger partial charge in [-0.25, -0.2) is 8.78 Å². The van der Waals surface area contributed by atoms with Crippen LogP contribution in [0.5, 0.6) is 0 Å². The second-order valence-electron chi connectivity index (χ2n) is 13.1. The number of hydrogen-bond acceptors (Lipinski definition) is 2. The van der Waals surface area contributed by atoms with Gasteiger partial charge in [-0.2, -0.15) is 0 Å². The molecule has 0 amide bonds. The highest BCUT2D eigenvalue weighted by atomic mass is 19.1. The maximum absolute atomic E-state index is 14.5. The monoisotopic (exact) mass is 628 g/mol. The summed E-state index contributed by atoms with van der Waals surface area (Å²) in [5, 5.41) is 1.67. The molecule has 0 aliphatic rings. The van der Waals surface area contributed by atoms with Crippen LogP contribution >= 0.6 is 0 Å². The molecule has 0 atom stereocenters. The highest BCUT2D eigenvalue weighted by Crippen LogP contribution is 2.28. The van der Waals surface area contributed by atoms with Crippen molar-refractivity contribution in [1.82, 2.24) is 9.13 Å². The minimum atomic E-state index is -0.442. The van der Waals surface area contributed by atoms with E-state index in [2.05, 4.69) is 23.0 Å². The smallest absolute Gasteiger partial charge is 0.197 e. The second kappa shape index (κ2) is 16.3. The lowest BCUT2D eigenvalue weighted by Crippen LogP contribution is -2.16. The lowest BCUT2D eigenvalue weighted by molar-refractivity contribution is 0.552. The molecule has 4 nitrogen and oxygen atoms in total. The molecule has 0 radical (unpaired) electrons. The number of aromatic nitrogens is 2. The van der Waals surface area contributed by atoms with E-state index in [0.717, 1.165) is 38.5 Å². The molecule has 5 aromatic rings. The Labute approximate surface area is 271 Å². The number of aryl methyl sites for hydroxylation is 2. The Hall–Kier alpha value is -3.54. The Morgan fingerprint density at radius 2 is 0.761 bits per heavy atom. The fraction of sp³-hybridized carbons (Fsp3) is 0.500. The Morgan fingerprint density at radius 3 is 1.13 bits per heavy atom. The summed E-state index contributed by atoms with van der Waals surface area (Å²) in [6.07, 6.45) is 18.8. The van der Waals surface area contributed by atoms with E-state index in [1.165, 1.54) is 88.5 Å². The lowest BCUT2D eigenvalue weighted by Gasteiger charge is -2.19. The zero-order chi connectivity index (χ0) is 32.5. The third-order valence-electron chi connectivity index (χ3n) is 9.64. The van der Waals surface area contributed by atoms with Gasteiger partial charge in [0.15, 0.2) is 10.9 Å². The number of hydrogen-bond donors (Lipinski definition) is 0. The minimum Gasteiger partial charge on any atom is -0.340 e. The van der Waals surface area contributed by atoms with E-state index in [9.17, 15) is 18.4 Å². The van der Waals surface area contributed by atoms with Crippen LogP contribution in [0.1, 0.15) is 117 Å². The van der Waals surface area contributed by atoms with E-state index in [0.29, 0.717) is 56.7 Å². The summed E-state index contributed by atoms with van der Waals surface area (Å²) in [6, 6.07) is 12.5. The molecule has 3 aromatic carbocycles. The molecule has 0 saturated carbocycles. The molecule has 6 heteroatoms. The zero-order valence-electron chi connectivity index (χ0n) is 27.8. The molecule has 5 rings (SSSR count). The third-order valence-corrected chi connectivity index (χ3v) is 9.64. The Balaban J connectivity index is 1.55. The van der Waals surface area contributed by atoms with Crippen molar-refractivity contribution in [2.75, 3.05) is 0 Å². The first kappa shape index (κ1) is 33.8. The Kier molecular flexibility index (Phi) is 12.0. The van der Waals surface area contributed by atoms with Crippen LogP contribution in [0.25, 0.3) is 43.6 Å². The molecule has 246 valence electrons. The van der Waals surface area contributed by atoms with Gasteiger partial charge in [0.25, 0.3) is 0 Å². The SMILES string of the molecule is CCCCCCCCCCn1c2ccc(F)cc2c(=O)c2cc3c(cc21)c(=O)c1cc(F)ccc1n3CCCCCCCCCC. The van der Waals surface area contributed by atoms with Crippen molar-refractivity contribution < 1.29 is 8.78 Å². The van der Waals surface area contributed by atoms with Gasteiger partial charge < -0.3 is 9.13 Å². The second-order valence-corrected chi connectivity index (χ2v) is 13.1. The van der Waals surface area contributed by atoms with E-state index in [1.807, 2.05) is 12.1 Å². The van der Waals surface area contributed by atoms with Gasteiger partial charge >= 0.3 is 0 Å². The Bertz CT molecular complexity index is 1770. The van der Waals surface area contributed by atoms with Gasteiger partial charge in [-0.1, -0.05) is 104 Å². The van der Waals surface area contributed by atoms with Gasteiger partial charge in [0.2, 0.25) is 0 Å². The van der Waals surface area contributed by atoms with Crippen LogP contribution < -0.4 is 10.9 Å². The van der Waals surface area contributed by atoms with Gasteiger partial charge in [0, 0.05) is 34.6 Å². The van der Waals surface area contributed by atoms with E-state index in [4.69, 9.17) is 0 Å². The molecule has 0 N–H and O–H groups in total. The number of pyridine rings is 2. The summed E-state index contributed by atoms with van der Waals surface area (Å²) >= 11 is 0. The molecule has 2 heterocycles. The van der Waals surface area contributed by atoms with Crippen LogP contribution in [0, 0.1) is 11.6 Å². The van der Waals surface area contributed by atoms with Crippen LogP contribution in [0.4, 0.5) is 8.78 Å². The summed E-state index contributed by atoms with van der Waals surface area (Å²) in [7, 11) is 0. The molecule has 46 heavy (non-hydrogen) atoms. The fourth-order valence-electron chi connectivity index (χ4n) is 7.08. The standard InChI is InChI=1S/C40H50F2N2O2/c1-3-5-7-9-11-13-15-17-23-43-35-21-19-29(41)25-31(35)39(45)33-28-38-34(27-37(33)43)40(46)32-26-30(42)20-22-36(32)44(38)24-18-16-14-12-10-8-6-4-2/h19-22,25-28H,3-18,23-24H2,1-2H3. The molecule has 0 aliphatic carbocycles. The highest BCUT2D eigenvalue weighted by Gasteiger charge is 2.18. The van der Waals surface area contributed by atoms with Crippen molar-refractivity contribution in [3.8, 4) is 0 Å². The van der Waals surface area contributed by atoms with Gasteiger partial charge in [-0.05, 0) is 61.4 Å². The topological polar surface area (TPSA) is 44.0 Å². The first-order valence-corrected chi connectivity index (χ1v) is 17.9. The van der Waals surface area contributed by atoms with E-state index in [-0.39, 0.29) is 10.9 Å². The molecule has 0 spiro atoms. The Morgan fingerprint density at radius 1 is 0.435 bits per heavy atom. The lowest BCUT2D eigenvalue weighted by atomic mass is 10.0. The summed E-state index contributed by atoms with van der Waals surface area (Å²) in [4.78, 5) is 27.9. The normalized spacial score (nSPS) is 11.9. The maximum atomic E-state index is 14.5. The van der Waals surface area contributed by atoms with E-state index in [1.54, 1.807) is 12.1 Å². The van der Waals surface area contributed by atoms with Crippen molar-refractivity contribution in [3.05, 3.63) is 80.6 Å². The van der Waals surface area contributed by atoms with Crippen molar-refractivity contribution in [3.63, 3.8) is 0 Å². The van der Waals surface area contributed by atoms with Crippen molar-refractivity contribution in [2.45, 2.75) is 130 Å². The first-order valence-electron chi connectivity index (χ1n) is 17.9. The molecule has 0 unspecified atom stereocenters. The largest absolute Gasteiger partial charge is 0.340 e. The molecule has 2 aromatic heterocycles. The van der Waals surface area contributed by atoms with Crippen LogP contribution in [-0.4, -0.2) is 9.13 Å².